The van der Waals surface area contributed by atoms with Gasteiger partial charge >= 0.3 is 5.97 Å². The Morgan fingerprint density at radius 3 is 3.13 bits per heavy atom. The second-order valence-corrected chi connectivity index (χ2v) is 3.56. The van der Waals surface area contributed by atoms with Crippen molar-refractivity contribution in [1.29, 1.82) is 5.26 Å². The van der Waals surface area contributed by atoms with Crippen LogP contribution in [-0.2, 0) is 9.53 Å². The van der Waals surface area contributed by atoms with Gasteiger partial charge in [0.05, 0.1) is 30.3 Å². The van der Waals surface area contributed by atoms with Gasteiger partial charge in [0.1, 0.15) is 11.1 Å². The molecule has 0 spiro atoms. The number of pyridine rings is 1. The average molecular weight is 223 g/mol. The highest BCUT2D eigenvalue weighted by atomic mass is 32.2. The smallest absolute Gasteiger partial charge is 0.316 e. The Bertz CT molecular complexity index is 414. The van der Waals surface area contributed by atoms with Gasteiger partial charge in [0, 0.05) is 0 Å². The molecule has 1 heterocycles. The zero-order chi connectivity index (χ0) is 11.3. The van der Waals surface area contributed by atoms with Gasteiger partial charge in [-0.05, 0) is 6.07 Å². The number of nitrogen functional groups attached to an aromatic ring is 1. The van der Waals surface area contributed by atoms with Crippen molar-refractivity contribution in [1.82, 2.24) is 4.98 Å². The number of ether oxygens (including phenoxy) is 1. The van der Waals surface area contributed by atoms with Crippen molar-refractivity contribution in [2.24, 2.45) is 0 Å². The second-order valence-electron chi connectivity index (χ2n) is 2.60. The number of esters is 1. The fraction of sp³-hybridized carbons (Fsp3) is 0.222. The monoisotopic (exact) mass is 223 g/mol. The molecule has 0 aliphatic carbocycles. The van der Waals surface area contributed by atoms with Gasteiger partial charge in [0.15, 0.2) is 0 Å². The topological polar surface area (TPSA) is 89.0 Å². The van der Waals surface area contributed by atoms with E-state index >= 15 is 0 Å². The third-order valence-corrected chi connectivity index (χ3v) is 2.53. The van der Waals surface area contributed by atoms with Crippen molar-refractivity contribution in [2.45, 2.75) is 5.03 Å². The van der Waals surface area contributed by atoms with E-state index in [9.17, 15) is 4.79 Å². The van der Waals surface area contributed by atoms with E-state index < -0.39 is 0 Å². The van der Waals surface area contributed by atoms with Gasteiger partial charge in [-0.25, -0.2) is 4.98 Å². The van der Waals surface area contributed by atoms with E-state index in [2.05, 4.69) is 9.72 Å². The molecule has 1 aromatic heterocycles. The predicted octanol–water partition coefficient (Wildman–Crippen LogP) is 0.801. The van der Waals surface area contributed by atoms with E-state index in [1.165, 1.54) is 19.4 Å². The maximum Gasteiger partial charge on any atom is 0.316 e. The summed E-state index contributed by atoms with van der Waals surface area (Å²) in [6.07, 6.45) is 1.44. The molecule has 6 heteroatoms. The lowest BCUT2D eigenvalue weighted by Gasteiger charge is -2.02. The Kier molecular flexibility index (Phi) is 3.94. The van der Waals surface area contributed by atoms with Crippen molar-refractivity contribution in [3.63, 3.8) is 0 Å². The molecule has 5 nitrogen and oxygen atoms in total. The van der Waals surface area contributed by atoms with Gasteiger partial charge < -0.3 is 10.5 Å². The number of nitrogens with zero attached hydrogens (tertiary/aromatic N) is 2. The fourth-order valence-electron chi connectivity index (χ4n) is 0.850. The average Bonchev–Trinajstić information content (AvgIpc) is 2.26. The fourth-order valence-corrected chi connectivity index (χ4v) is 1.61. The molecule has 0 amide bonds. The Balaban J connectivity index is 2.77. The van der Waals surface area contributed by atoms with Crippen molar-refractivity contribution in [3.05, 3.63) is 17.8 Å². The largest absolute Gasteiger partial charge is 0.468 e. The highest BCUT2D eigenvalue weighted by Gasteiger charge is 2.08. The molecular weight excluding hydrogens is 214 g/mol. The number of aromatic nitrogens is 1. The summed E-state index contributed by atoms with van der Waals surface area (Å²) in [7, 11) is 1.31. The summed E-state index contributed by atoms with van der Waals surface area (Å²) in [5.74, 6) is -0.232. The normalized spacial score (nSPS) is 9.33. The number of hydrogen-bond donors (Lipinski definition) is 1. The number of anilines is 1. The molecule has 0 saturated carbocycles. The molecule has 2 N–H and O–H groups in total. The molecule has 0 aliphatic heterocycles. The van der Waals surface area contributed by atoms with Gasteiger partial charge in [0.25, 0.3) is 0 Å². The zero-order valence-electron chi connectivity index (χ0n) is 8.06. The molecule has 0 fully saturated rings. The molecule has 1 aromatic rings. The summed E-state index contributed by atoms with van der Waals surface area (Å²) in [5, 5.41) is 9.27. The SMILES string of the molecule is COC(=O)CSc1ncc(N)cc1C#N. The minimum Gasteiger partial charge on any atom is -0.468 e. The summed E-state index contributed by atoms with van der Waals surface area (Å²) < 4.78 is 4.47. The number of hydrogen-bond acceptors (Lipinski definition) is 6. The summed E-state index contributed by atoms with van der Waals surface area (Å²) in [4.78, 5) is 14.8. The number of thioether (sulfide) groups is 1. The molecule has 1 rings (SSSR count). The van der Waals surface area contributed by atoms with E-state index in [0.717, 1.165) is 11.8 Å². The van der Waals surface area contributed by atoms with Gasteiger partial charge in [-0.3, -0.25) is 4.79 Å². The summed E-state index contributed by atoms with van der Waals surface area (Å²) in [5.41, 5.74) is 6.26. The lowest BCUT2D eigenvalue weighted by atomic mass is 10.3. The van der Waals surface area contributed by atoms with Crippen molar-refractivity contribution in [3.8, 4) is 6.07 Å². The van der Waals surface area contributed by atoms with Crippen LogP contribution >= 0.6 is 11.8 Å². The van der Waals surface area contributed by atoms with Gasteiger partial charge in [0.2, 0.25) is 0 Å². The zero-order valence-corrected chi connectivity index (χ0v) is 8.87. The molecule has 78 valence electrons. The van der Waals surface area contributed by atoms with Crippen LogP contribution in [0.2, 0.25) is 0 Å². The van der Waals surface area contributed by atoms with Crippen molar-refractivity contribution < 1.29 is 9.53 Å². The van der Waals surface area contributed by atoms with Crippen LogP contribution in [-0.4, -0.2) is 23.8 Å². The molecular formula is C9H9N3O2S. The summed E-state index contributed by atoms with van der Waals surface area (Å²) >= 11 is 1.15. The highest BCUT2D eigenvalue weighted by Crippen LogP contribution is 2.21. The summed E-state index contributed by atoms with van der Waals surface area (Å²) in [6, 6.07) is 3.48. The number of nitriles is 1. The molecule has 0 radical (unpaired) electrons. The molecule has 0 saturated heterocycles. The van der Waals surface area contributed by atoms with Crippen LogP contribution in [0.5, 0.6) is 0 Å². The number of rotatable bonds is 3. The number of nitrogens with two attached hydrogens (primary N) is 1. The van der Waals surface area contributed by atoms with Crippen LogP contribution in [0.15, 0.2) is 17.3 Å². The lowest BCUT2D eigenvalue weighted by molar-refractivity contribution is -0.137. The molecule has 0 atom stereocenters. The Morgan fingerprint density at radius 2 is 2.53 bits per heavy atom. The minimum absolute atomic E-state index is 0.127. The van der Waals surface area contributed by atoms with Gasteiger partial charge in [-0.2, -0.15) is 5.26 Å². The molecule has 0 unspecified atom stereocenters. The molecule has 0 aliphatic rings. The quantitative estimate of drug-likeness (QED) is 0.602. The lowest BCUT2D eigenvalue weighted by Crippen LogP contribution is -2.04. The van der Waals surface area contributed by atoms with E-state index in [4.69, 9.17) is 11.0 Å². The van der Waals surface area contributed by atoms with Crippen LogP contribution in [0.4, 0.5) is 5.69 Å². The summed E-state index contributed by atoms with van der Waals surface area (Å²) in [6.45, 7) is 0. The third kappa shape index (κ3) is 3.14. The maximum atomic E-state index is 10.9. The number of carbonyl (C=O) groups is 1. The van der Waals surface area contributed by atoms with Gasteiger partial charge in [-0.1, -0.05) is 11.8 Å². The van der Waals surface area contributed by atoms with E-state index in [0.29, 0.717) is 16.3 Å². The van der Waals surface area contributed by atoms with E-state index in [-0.39, 0.29) is 11.7 Å². The first kappa shape index (κ1) is 11.3. The molecule has 0 aromatic carbocycles. The Labute approximate surface area is 91.2 Å². The number of carbonyl (C=O) groups excluding carboxylic acids is 1. The number of methoxy groups -OCH3 is 1. The Morgan fingerprint density at radius 1 is 1.80 bits per heavy atom. The second kappa shape index (κ2) is 5.22. The highest BCUT2D eigenvalue weighted by molar-refractivity contribution is 7.99. The van der Waals surface area contributed by atoms with E-state index in [1.54, 1.807) is 0 Å². The van der Waals surface area contributed by atoms with E-state index in [1.807, 2.05) is 6.07 Å². The van der Waals surface area contributed by atoms with Crippen molar-refractivity contribution in [2.75, 3.05) is 18.6 Å². The van der Waals surface area contributed by atoms with Crippen LogP contribution in [0.25, 0.3) is 0 Å². The molecule has 0 bridgehead atoms. The Hall–Kier alpha value is -1.74. The maximum absolute atomic E-state index is 10.9. The van der Waals surface area contributed by atoms with Crippen molar-refractivity contribution >= 4 is 23.4 Å². The van der Waals surface area contributed by atoms with Crippen LogP contribution in [0, 0.1) is 11.3 Å². The van der Waals surface area contributed by atoms with Crippen LogP contribution in [0.3, 0.4) is 0 Å². The first-order chi connectivity index (χ1) is 7.17. The van der Waals surface area contributed by atoms with Gasteiger partial charge in [-0.15, -0.1) is 0 Å². The first-order valence-electron chi connectivity index (χ1n) is 4.02. The minimum atomic E-state index is -0.359. The first-order valence-corrected chi connectivity index (χ1v) is 5.01. The third-order valence-electron chi connectivity index (χ3n) is 1.55. The standard InChI is InChI=1S/C9H9N3O2S/c1-14-8(13)5-15-9-6(3-10)2-7(11)4-12-9/h2,4H,5,11H2,1H3. The predicted molar refractivity (Wildman–Crippen MR) is 56.1 cm³/mol. The van der Waals surface area contributed by atoms with Crippen LogP contribution in [0.1, 0.15) is 5.56 Å². The van der Waals surface area contributed by atoms with Crippen LogP contribution < -0.4 is 5.73 Å². The molecule has 15 heavy (non-hydrogen) atoms.